The number of rotatable bonds is 10. The second-order valence-corrected chi connectivity index (χ2v) is 12.2. The highest BCUT2D eigenvalue weighted by Gasteiger charge is 2.25. The van der Waals surface area contributed by atoms with Crippen LogP contribution >= 0.6 is 0 Å². The van der Waals surface area contributed by atoms with Gasteiger partial charge >= 0.3 is 6.09 Å². The molecule has 4 heterocycles. The average molecular weight is 636 g/mol. The SMILES string of the molecule is CC1CCCCN1Cc1ccc(C(=O)Nc2ccc(OC(=O)N3CCC(COc4ccc(Oc5ccccn5)cc4)CC3)nc2)cc1. The highest BCUT2D eigenvalue weighted by molar-refractivity contribution is 6.04. The van der Waals surface area contributed by atoms with Crippen LogP contribution in [-0.2, 0) is 6.54 Å². The Balaban J connectivity index is 0.900. The third-order valence-corrected chi connectivity index (χ3v) is 8.77. The van der Waals surface area contributed by atoms with Crippen LogP contribution in [-0.4, -0.2) is 64.1 Å². The molecule has 0 saturated carbocycles. The van der Waals surface area contributed by atoms with E-state index in [1.54, 1.807) is 29.3 Å². The Labute approximate surface area is 275 Å². The van der Waals surface area contributed by atoms with Gasteiger partial charge in [0.25, 0.3) is 5.91 Å². The quantitative estimate of drug-likeness (QED) is 0.195. The maximum Gasteiger partial charge on any atom is 0.416 e. The number of pyridine rings is 2. The molecule has 10 heteroatoms. The first-order valence-corrected chi connectivity index (χ1v) is 16.4. The van der Waals surface area contributed by atoms with Gasteiger partial charge in [0.1, 0.15) is 11.5 Å². The Morgan fingerprint density at radius 3 is 2.32 bits per heavy atom. The lowest BCUT2D eigenvalue weighted by Gasteiger charge is -2.33. The number of likely N-dealkylation sites (tertiary alicyclic amines) is 2. The fourth-order valence-electron chi connectivity index (χ4n) is 5.89. The number of piperidine rings is 2. The molecule has 0 radical (unpaired) electrons. The Morgan fingerprint density at radius 2 is 1.62 bits per heavy atom. The molecule has 1 atom stereocenters. The molecule has 1 unspecified atom stereocenters. The van der Waals surface area contributed by atoms with Crippen molar-refractivity contribution in [2.45, 2.75) is 51.6 Å². The standard InChI is InChI=1S/C37H41N5O5/c1-27-6-3-5-21-42(27)25-28-8-10-30(11-9-28)36(43)40-31-12-17-35(39-24-31)47-37(44)41-22-18-29(19-23-41)26-45-32-13-15-33(16-14-32)46-34-7-2-4-20-38-34/h2,4,7-17,20,24,27,29H,3,5-6,18-19,21-23,25-26H2,1H3,(H,40,43). The van der Waals surface area contributed by atoms with Crippen LogP contribution in [0.1, 0.15) is 54.9 Å². The lowest BCUT2D eigenvalue weighted by molar-refractivity contribution is 0.102. The summed E-state index contributed by atoms with van der Waals surface area (Å²) in [6, 6.07) is 24.6. The molecular formula is C37H41N5O5. The molecule has 2 aromatic heterocycles. The van der Waals surface area contributed by atoms with Gasteiger partial charge in [-0.05, 0) is 99.2 Å². The molecule has 244 valence electrons. The largest absolute Gasteiger partial charge is 0.493 e. The number of benzene rings is 2. The van der Waals surface area contributed by atoms with Gasteiger partial charge in [-0.3, -0.25) is 9.69 Å². The number of hydrogen-bond acceptors (Lipinski definition) is 8. The summed E-state index contributed by atoms with van der Waals surface area (Å²) in [7, 11) is 0. The first-order valence-electron chi connectivity index (χ1n) is 16.4. The lowest BCUT2D eigenvalue weighted by Crippen LogP contribution is -2.41. The summed E-state index contributed by atoms with van der Waals surface area (Å²) >= 11 is 0. The third-order valence-electron chi connectivity index (χ3n) is 8.77. The van der Waals surface area contributed by atoms with Crippen molar-refractivity contribution >= 4 is 17.7 Å². The van der Waals surface area contributed by atoms with Crippen LogP contribution in [0.15, 0.2) is 91.3 Å². The maximum atomic E-state index is 12.8. The van der Waals surface area contributed by atoms with Gasteiger partial charge < -0.3 is 24.4 Å². The first-order chi connectivity index (χ1) is 23.0. The van der Waals surface area contributed by atoms with E-state index < -0.39 is 6.09 Å². The summed E-state index contributed by atoms with van der Waals surface area (Å²) in [5.41, 5.74) is 2.31. The number of aromatic nitrogens is 2. The molecule has 1 N–H and O–H groups in total. The molecule has 47 heavy (non-hydrogen) atoms. The van der Waals surface area contributed by atoms with E-state index in [1.807, 2.05) is 60.7 Å². The van der Waals surface area contributed by atoms with Crippen LogP contribution in [0.25, 0.3) is 0 Å². The van der Waals surface area contributed by atoms with E-state index >= 15 is 0 Å². The van der Waals surface area contributed by atoms with E-state index in [0.29, 0.717) is 54.5 Å². The first kappa shape index (κ1) is 32.0. The van der Waals surface area contributed by atoms with Crippen molar-refractivity contribution in [1.29, 1.82) is 0 Å². The minimum atomic E-state index is -0.434. The van der Waals surface area contributed by atoms with Crippen LogP contribution in [0.5, 0.6) is 23.3 Å². The summed E-state index contributed by atoms with van der Waals surface area (Å²) in [5, 5.41) is 2.87. The normalized spacial score (nSPS) is 17.1. The molecule has 0 spiro atoms. The Bertz CT molecular complexity index is 1590. The molecule has 2 aliphatic rings. The molecule has 2 saturated heterocycles. The lowest BCUT2D eigenvalue weighted by atomic mass is 9.98. The molecule has 2 aromatic carbocycles. The molecular weight excluding hydrogens is 594 g/mol. The van der Waals surface area contributed by atoms with Crippen molar-refractivity contribution in [3.05, 3.63) is 102 Å². The predicted octanol–water partition coefficient (Wildman–Crippen LogP) is 7.19. The summed E-state index contributed by atoms with van der Waals surface area (Å²) < 4.78 is 17.2. The van der Waals surface area contributed by atoms with E-state index in [1.165, 1.54) is 31.0 Å². The number of nitrogens with one attached hydrogen (secondary N) is 1. The van der Waals surface area contributed by atoms with Crippen molar-refractivity contribution in [3.63, 3.8) is 0 Å². The van der Waals surface area contributed by atoms with Gasteiger partial charge in [0, 0.05) is 49.6 Å². The fourth-order valence-corrected chi connectivity index (χ4v) is 5.89. The number of amides is 2. The zero-order valence-electron chi connectivity index (χ0n) is 26.7. The van der Waals surface area contributed by atoms with Crippen molar-refractivity contribution in [1.82, 2.24) is 19.8 Å². The van der Waals surface area contributed by atoms with Crippen molar-refractivity contribution < 1.29 is 23.8 Å². The monoisotopic (exact) mass is 635 g/mol. The highest BCUT2D eigenvalue weighted by Crippen LogP contribution is 2.25. The second kappa shape index (κ2) is 15.6. The van der Waals surface area contributed by atoms with Crippen LogP contribution < -0.4 is 19.5 Å². The molecule has 0 bridgehead atoms. The van der Waals surface area contributed by atoms with E-state index in [0.717, 1.165) is 31.7 Å². The molecule has 10 nitrogen and oxygen atoms in total. The number of hydrogen-bond donors (Lipinski definition) is 1. The van der Waals surface area contributed by atoms with Gasteiger partial charge in [0.05, 0.1) is 18.5 Å². The van der Waals surface area contributed by atoms with Gasteiger partial charge in [-0.15, -0.1) is 0 Å². The summed E-state index contributed by atoms with van der Waals surface area (Å²) in [4.78, 5) is 38.2. The molecule has 0 aliphatic carbocycles. The summed E-state index contributed by atoms with van der Waals surface area (Å²) in [6.45, 7) is 6.03. The smallest absolute Gasteiger partial charge is 0.416 e. The Morgan fingerprint density at radius 1 is 0.830 bits per heavy atom. The number of anilines is 1. The van der Waals surface area contributed by atoms with E-state index in [4.69, 9.17) is 14.2 Å². The van der Waals surface area contributed by atoms with Crippen LogP contribution in [0.2, 0.25) is 0 Å². The average Bonchev–Trinajstić information content (AvgIpc) is 3.11. The van der Waals surface area contributed by atoms with Crippen LogP contribution in [0.3, 0.4) is 0 Å². The van der Waals surface area contributed by atoms with Gasteiger partial charge in [0.2, 0.25) is 11.8 Å². The topological polar surface area (TPSA) is 106 Å². The number of carbonyl (C=O) groups excluding carboxylic acids is 2. The minimum absolute atomic E-state index is 0.185. The maximum absolute atomic E-state index is 12.8. The number of nitrogens with zero attached hydrogens (tertiary/aromatic N) is 4. The highest BCUT2D eigenvalue weighted by atomic mass is 16.6. The predicted molar refractivity (Wildman–Crippen MR) is 179 cm³/mol. The second-order valence-electron chi connectivity index (χ2n) is 12.2. The van der Waals surface area contributed by atoms with E-state index in [9.17, 15) is 9.59 Å². The van der Waals surface area contributed by atoms with Crippen molar-refractivity contribution in [3.8, 4) is 23.3 Å². The van der Waals surface area contributed by atoms with Crippen LogP contribution in [0.4, 0.5) is 10.5 Å². The fraction of sp³-hybridized carbons (Fsp3) is 0.351. The van der Waals surface area contributed by atoms with Gasteiger partial charge in [-0.25, -0.2) is 14.8 Å². The molecule has 2 amide bonds. The van der Waals surface area contributed by atoms with Crippen LogP contribution in [0, 0.1) is 5.92 Å². The molecule has 4 aromatic rings. The molecule has 2 fully saturated rings. The van der Waals surface area contributed by atoms with Crippen molar-refractivity contribution in [2.75, 3.05) is 31.6 Å². The number of carbonyl (C=O) groups is 2. The van der Waals surface area contributed by atoms with Gasteiger partial charge in [0.15, 0.2) is 0 Å². The van der Waals surface area contributed by atoms with Gasteiger partial charge in [-0.1, -0.05) is 24.6 Å². The van der Waals surface area contributed by atoms with E-state index in [-0.39, 0.29) is 11.8 Å². The number of ether oxygens (including phenoxy) is 3. The minimum Gasteiger partial charge on any atom is -0.493 e. The Kier molecular flexibility index (Phi) is 10.6. The Hall–Kier alpha value is -4.96. The zero-order valence-corrected chi connectivity index (χ0v) is 26.7. The molecule has 6 rings (SSSR count). The third kappa shape index (κ3) is 9.07. The summed E-state index contributed by atoms with van der Waals surface area (Å²) in [6.07, 6.45) is 8.15. The molecule has 2 aliphatic heterocycles. The van der Waals surface area contributed by atoms with Crippen molar-refractivity contribution in [2.24, 2.45) is 5.92 Å². The zero-order chi connectivity index (χ0) is 32.4. The van der Waals surface area contributed by atoms with Gasteiger partial charge in [-0.2, -0.15) is 0 Å². The van der Waals surface area contributed by atoms with E-state index in [2.05, 4.69) is 27.1 Å². The summed E-state index contributed by atoms with van der Waals surface area (Å²) in [5.74, 6) is 2.30.